The fourth-order valence-electron chi connectivity index (χ4n) is 2.64. The van der Waals surface area contributed by atoms with E-state index in [-0.39, 0.29) is 11.7 Å². The molecule has 0 aliphatic heterocycles. The van der Waals surface area contributed by atoms with Crippen LogP contribution < -0.4 is 15.8 Å². The summed E-state index contributed by atoms with van der Waals surface area (Å²) in [4.78, 5) is 31.9. The summed E-state index contributed by atoms with van der Waals surface area (Å²) in [5, 5.41) is 3.43. The Balaban J connectivity index is 1.91. The van der Waals surface area contributed by atoms with Crippen LogP contribution in [-0.4, -0.2) is 34.6 Å². The number of rotatable bonds is 9. The van der Waals surface area contributed by atoms with E-state index in [1.165, 1.54) is 11.8 Å². The highest BCUT2D eigenvalue weighted by atomic mass is 32.2. The normalized spacial score (nSPS) is 10.5. The maximum atomic E-state index is 12.2. The average molecular weight is 388 g/mol. The molecular weight excluding hydrogens is 364 g/mol. The van der Waals surface area contributed by atoms with Crippen molar-refractivity contribution in [3.05, 3.63) is 46.8 Å². The van der Waals surface area contributed by atoms with Gasteiger partial charge in [-0.25, -0.2) is 9.97 Å². The molecule has 0 saturated heterocycles. The summed E-state index contributed by atoms with van der Waals surface area (Å²) in [6.07, 6.45) is 0.893. The lowest BCUT2D eigenvalue weighted by Gasteiger charge is -2.12. The molecular formula is C19H24N4O3S. The predicted molar refractivity (Wildman–Crippen MR) is 105 cm³/mol. The number of hydrogen-bond acceptors (Lipinski definition) is 6. The number of aromatic nitrogens is 2. The zero-order chi connectivity index (χ0) is 19.8. The zero-order valence-electron chi connectivity index (χ0n) is 15.7. The second kappa shape index (κ2) is 9.91. The molecule has 1 aromatic carbocycles. The highest BCUT2D eigenvalue weighted by Crippen LogP contribution is 2.19. The van der Waals surface area contributed by atoms with E-state index in [0.29, 0.717) is 24.5 Å². The molecule has 0 aliphatic rings. The Bertz CT molecular complexity index is 803. The van der Waals surface area contributed by atoms with Gasteiger partial charge in [0.05, 0.1) is 12.9 Å². The topological polar surface area (TPSA) is 107 Å². The highest BCUT2D eigenvalue weighted by molar-refractivity contribution is 7.99. The van der Waals surface area contributed by atoms with Crippen LogP contribution in [-0.2, 0) is 22.6 Å². The third-order valence-corrected chi connectivity index (χ3v) is 4.88. The van der Waals surface area contributed by atoms with E-state index in [4.69, 9.17) is 10.5 Å². The first kappa shape index (κ1) is 20.7. The second-order valence-corrected chi connectivity index (χ2v) is 6.94. The van der Waals surface area contributed by atoms with Crippen molar-refractivity contribution in [1.82, 2.24) is 15.3 Å². The molecule has 0 atom stereocenters. The Hall–Kier alpha value is -2.61. The Kier molecular flexibility index (Phi) is 7.60. The molecule has 2 rings (SSSR count). The lowest BCUT2D eigenvalue weighted by atomic mass is 10.1. The van der Waals surface area contributed by atoms with Gasteiger partial charge in [-0.3, -0.25) is 9.59 Å². The predicted octanol–water partition coefficient (Wildman–Crippen LogP) is 1.93. The van der Waals surface area contributed by atoms with E-state index in [1.54, 1.807) is 7.11 Å². The fraction of sp³-hybridized carbons (Fsp3) is 0.368. The summed E-state index contributed by atoms with van der Waals surface area (Å²) in [5.74, 6) is 0.437. The third kappa shape index (κ3) is 6.25. The van der Waals surface area contributed by atoms with Gasteiger partial charge in [-0.2, -0.15) is 0 Å². The third-order valence-electron chi connectivity index (χ3n) is 4.01. The number of nitrogens with one attached hydrogen (secondary N) is 1. The Morgan fingerprint density at radius 2 is 1.85 bits per heavy atom. The Labute approximate surface area is 163 Å². The SMILES string of the molecule is COc1ccccc1CNC(=O)CCc1c(C)nc(SCC(N)=O)nc1C. The van der Waals surface area contributed by atoms with Gasteiger partial charge in [0.2, 0.25) is 11.8 Å². The molecule has 7 nitrogen and oxygen atoms in total. The summed E-state index contributed by atoms with van der Waals surface area (Å²) in [5.41, 5.74) is 8.65. The van der Waals surface area contributed by atoms with Crippen molar-refractivity contribution in [2.75, 3.05) is 12.9 Å². The number of ether oxygens (including phenoxy) is 1. The molecule has 0 saturated carbocycles. The molecule has 0 spiro atoms. The Morgan fingerprint density at radius 3 is 2.48 bits per heavy atom. The molecule has 2 amide bonds. The Morgan fingerprint density at radius 1 is 1.19 bits per heavy atom. The van der Waals surface area contributed by atoms with Crippen LogP contribution in [0.1, 0.15) is 28.9 Å². The summed E-state index contributed by atoms with van der Waals surface area (Å²) in [6, 6.07) is 7.58. The van der Waals surface area contributed by atoms with Gasteiger partial charge in [0.25, 0.3) is 0 Å². The number of methoxy groups -OCH3 is 1. The van der Waals surface area contributed by atoms with Gasteiger partial charge in [-0.15, -0.1) is 0 Å². The first-order chi connectivity index (χ1) is 12.9. The number of primary amides is 1. The van der Waals surface area contributed by atoms with Crippen molar-refractivity contribution < 1.29 is 14.3 Å². The summed E-state index contributed by atoms with van der Waals surface area (Å²) in [7, 11) is 1.61. The van der Waals surface area contributed by atoms with Crippen molar-refractivity contribution in [1.29, 1.82) is 0 Å². The highest BCUT2D eigenvalue weighted by Gasteiger charge is 2.12. The van der Waals surface area contributed by atoms with Crippen LogP contribution in [0.4, 0.5) is 0 Å². The molecule has 0 radical (unpaired) electrons. The molecule has 1 heterocycles. The number of aryl methyl sites for hydroxylation is 2. The maximum Gasteiger partial charge on any atom is 0.227 e. The van der Waals surface area contributed by atoms with Crippen LogP contribution in [0.3, 0.4) is 0 Å². The summed E-state index contributed by atoms with van der Waals surface area (Å²) in [6.45, 7) is 4.18. The number of thioether (sulfide) groups is 1. The largest absolute Gasteiger partial charge is 0.496 e. The summed E-state index contributed by atoms with van der Waals surface area (Å²) >= 11 is 1.21. The van der Waals surface area contributed by atoms with Gasteiger partial charge in [0, 0.05) is 29.9 Å². The van der Waals surface area contributed by atoms with E-state index in [2.05, 4.69) is 15.3 Å². The first-order valence-electron chi connectivity index (χ1n) is 8.54. The molecule has 0 fully saturated rings. The minimum Gasteiger partial charge on any atom is -0.496 e. The van der Waals surface area contributed by atoms with Crippen molar-refractivity contribution >= 4 is 23.6 Å². The van der Waals surface area contributed by atoms with Crippen LogP contribution in [0.25, 0.3) is 0 Å². The van der Waals surface area contributed by atoms with Crippen molar-refractivity contribution in [3.8, 4) is 5.75 Å². The average Bonchev–Trinajstić information content (AvgIpc) is 2.64. The molecule has 8 heteroatoms. The van der Waals surface area contributed by atoms with Crippen molar-refractivity contribution in [2.45, 2.75) is 38.4 Å². The van der Waals surface area contributed by atoms with Crippen molar-refractivity contribution in [2.24, 2.45) is 5.73 Å². The van der Waals surface area contributed by atoms with E-state index in [9.17, 15) is 9.59 Å². The smallest absolute Gasteiger partial charge is 0.227 e. The van der Waals surface area contributed by atoms with Crippen LogP contribution in [0.15, 0.2) is 29.4 Å². The standard InChI is InChI=1S/C19H24N4O3S/c1-12-15(13(2)23-19(22-12)27-11-17(20)24)8-9-18(25)21-10-14-6-4-5-7-16(14)26-3/h4-7H,8-11H2,1-3H3,(H2,20,24)(H,21,25). The molecule has 1 aromatic heterocycles. The number of carbonyl (C=O) groups excluding carboxylic acids is 2. The van der Waals surface area contributed by atoms with E-state index in [0.717, 1.165) is 28.3 Å². The summed E-state index contributed by atoms with van der Waals surface area (Å²) < 4.78 is 5.29. The quantitative estimate of drug-likeness (QED) is 0.502. The molecule has 27 heavy (non-hydrogen) atoms. The van der Waals surface area contributed by atoms with Gasteiger partial charge in [0.1, 0.15) is 5.75 Å². The fourth-order valence-corrected chi connectivity index (χ4v) is 3.31. The minimum atomic E-state index is -0.408. The second-order valence-electron chi connectivity index (χ2n) is 6.00. The molecule has 0 unspecified atom stereocenters. The first-order valence-corrected chi connectivity index (χ1v) is 9.53. The molecule has 0 bridgehead atoms. The van der Waals surface area contributed by atoms with Gasteiger partial charge in [-0.1, -0.05) is 30.0 Å². The van der Waals surface area contributed by atoms with E-state index < -0.39 is 5.91 Å². The number of nitrogens with two attached hydrogens (primary N) is 1. The molecule has 0 aliphatic carbocycles. The molecule has 2 aromatic rings. The molecule has 144 valence electrons. The van der Waals surface area contributed by atoms with E-state index in [1.807, 2.05) is 38.1 Å². The maximum absolute atomic E-state index is 12.2. The number of hydrogen-bond donors (Lipinski definition) is 2. The number of benzene rings is 1. The van der Waals surface area contributed by atoms with Crippen LogP contribution in [0.5, 0.6) is 5.75 Å². The van der Waals surface area contributed by atoms with Gasteiger partial charge < -0.3 is 15.8 Å². The van der Waals surface area contributed by atoms with Gasteiger partial charge in [0.15, 0.2) is 5.16 Å². The van der Waals surface area contributed by atoms with Gasteiger partial charge in [-0.05, 0) is 31.9 Å². The van der Waals surface area contributed by atoms with Crippen LogP contribution in [0.2, 0.25) is 0 Å². The van der Waals surface area contributed by atoms with Crippen molar-refractivity contribution in [3.63, 3.8) is 0 Å². The minimum absolute atomic E-state index is 0.0492. The van der Waals surface area contributed by atoms with Gasteiger partial charge >= 0.3 is 0 Å². The number of amides is 2. The lowest BCUT2D eigenvalue weighted by molar-refractivity contribution is -0.121. The number of nitrogens with zero attached hydrogens (tertiary/aromatic N) is 2. The lowest BCUT2D eigenvalue weighted by Crippen LogP contribution is -2.23. The number of carbonyl (C=O) groups is 2. The number of para-hydroxylation sites is 1. The zero-order valence-corrected chi connectivity index (χ0v) is 16.6. The monoisotopic (exact) mass is 388 g/mol. The van der Waals surface area contributed by atoms with Crippen LogP contribution in [0, 0.1) is 13.8 Å². The van der Waals surface area contributed by atoms with Crippen LogP contribution >= 0.6 is 11.8 Å². The van der Waals surface area contributed by atoms with E-state index >= 15 is 0 Å². The molecule has 3 N–H and O–H groups in total.